The van der Waals surface area contributed by atoms with Gasteiger partial charge in [0.05, 0.1) is 12.3 Å². The predicted molar refractivity (Wildman–Crippen MR) is 100 cm³/mol. The van der Waals surface area contributed by atoms with Crippen LogP contribution in [-0.2, 0) is 27.0 Å². The molecule has 0 spiro atoms. The molecule has 0 radical (unpaired) electrons. The fraction of sp³-hybridized carbons (Fsp3) is 0.632. The molecule has 3 rings (SSSR count). The zero-order chi connectivity index (χ0) is 18.7. The van der Waals surface area contributed by atoms with E-state index in [-0.39, 0.29) is 24.4 Å². The summed E-state index contributed by atoms with van der Waals surface area (Å²) in [5.41, 5.74) is 1.97. The number of aliphatic carboxylic acids is 1. The van der Waals surface area contributed by atoms with E-state index in [0.29, 0.717) is 18.8 Å². The number of hydrogen-bond acceptors (Lipinski definition) is 4. The lowest BCUT2D eigenvalue weighted by Crippen LogP contribution is -2.55. The van der Waals surface area contributed by atoms with Gasteiger partial charge in [0.25, 0.3) is 0 Å². The molecule has 2 N–H and O–H groups in total. The number of benzene rings is 1. The van der Waals surface area contributed by atoms with Crippen molar-refractivity contribution in [2.75, 3.05) is 13.1 Å². The van der Waals surface area contributed by atoms with Crippen molar-refractivity contribution in [1.82, 2.24) is 9.62 Å². The van der Waals surface area contributed by atoms with Crippen molar-refractivity contribution in [3.05, 3.63) is 35.4 Å². The Bertz CT molecular complexity index is 722. The van der Waals surface area contributed by atoms with Gasteiger partial charge < -0.3 is 5.11 Å². The third-order valence-corrected chi connectivity index (χ3v) is 6.70. The average molecular weight is 381 g/mol. The normalized spacial score (nSPS) is 23.0. The Morgan fingerprint density at radius 2 is 1.81 bits per heavy atom. The first-order chi connectivity index (χ1) is 12.3. The molecular weight excluding hydrogens is 352 g/mol. The maximum Gasteiger partial charge on any atom is 0.317 e. The number of carboxylic acid groups (broad SMARTS) is 1. The highest BCUT2D eigenvalue weighted by Crippen LogP contribution is 2.34. The molecule has 0 atom stereocenters. The van der Waals surface area contributed by atoms with Crippen molar-refractivity contribution in [2.45, 2.75) is 56.9 Å². The van der Waals surface area contributed by atoms with Gasteiger partial charge in [-0.2, -0.15) is 0 Å². The predicted octanol–water partition coefficient (Wildman–Crippen LogP) is 2.00. The van der Waals surface area contributed by atoms with Gasteiger partial charge in [0, 0.05) is 18.6 Å². The Balaban J connectivity index is 1.49. The highest BCUT2D eigenvalue weighted by molar-refractivity contribution is 7.88. The number of nitrogens with one attached hydrogen (secondary N) is 1. The quantitative estimate of drug-likeness (QED) is 0.648. The van der Waals surface area contributed by atoms with E-state index in [0.717, 1.165) is 18.5 Å². The number of carboxylic acids is 1. The lowest BCUT2D eigenvalue weighted by atomic mass is 9.86. The SMILES string of the molecule is CCc1ccc(CS(=O)(=O)NC2CC(N(CC(=O)O)CC3CC3)C2)cc1. The summed E-state index contributed by atoms with van der Waals surface area (Å²) in [6.07, 6.45) is 4.66. The van der Waals surface area contributed by atoms with Crippen molar-refractivity contribution >= 4 is 16.0 Å². The van der Waals surface area contributed by atoms with E-state index in [4.69, 9.17) is 5.11 Å². The minimum absolute atomic E-state index is 0.0148. The van der Waals surface area contributed by atoms with Gasteiger partial charge in [-0.3, -0.25) is 9.69 Å². The molecule has 2 aliphatic carbocycles. The topological polar surface area (TPSA) is 86.7 Å². The summed E-state index contributed by atoms with van der Waals surface area (Å²) in [5.74, 6) is -0.208. The first-order valence-corrected chi connectivity index (χ1v) is 11.0. The second-order valence-electron chi connectivity index (χ2n) is 7.64. The van der Waals surface area contributed by atoms with Crippen molar-refractivity contribution < 1.29 is 18.3 Å². The Morgan fingerprint density at radius 3 is 2.35 bits per heavy atom. The van der Waals surface area contributed by atoms with Crippen LogP contribution in [0.1, 0.15) is 43.7 Å². The van der Waals surface area contributed by atoms with Gasteiger partial charge in [-0.25, -0.2) is 13.1 Å². The molecule has 0 aliphatic heterocycles. The van der Waals surface area contributed by atoms with Crippen LogP contribution >= 0.6 is 0 Å². The van der Waals surface area contributed by atoms with E-state index in [2.05, 4.69) is 11.6 Å². The molecule has 0 unspecified atom stereocenters. The minimum atomic E-state index is -3.38. The lowest BCUT2D eigenvalue weighted by Gasteiger charge is -2.42. The largest absolute Gasteiger partial charge is 0.480 e. The van der Waals surface area contributed by atoms with Crippen LogP contribution in [0.2, 0.25) is 0 Å². The molecule has 1 aromatic carbocycles. The maximum atomic E-state index is 12.4. The van der Waals surface area contributed by atoms with Gasteiger partial charge in [-0.05, 0) is 49.1 Å². The summed E-state index contributed by atoms with van der Waals surface area (Å²) in [4.78, 5) is 13.1. The Hall–Kier alpha value is -1.44. The Kier molecular flexibility index (Phi) is 5.99. The lowest BCUT2D eigenvalue weighted by molar-refractivity contribution is -0.139. The first-order valence-electron chi connectivity index (χ1n) is 9.38. The van der Waals surface area contributed by atoms with Gasteiger partial charge in [0.15, 0.2) is 0 Å². The molecule has 2 saturated carbocycles. The number of sulfonamides is 1. The maximum absolute atomic E-state index is 12.4. The Labute approximate surface area is 155 Å². The summed E-state index contributed by atoms with van der Waals surface area (Å²) in [7, 11) is -3.38. The van der Waals surface area contributed by atoms with Crippen LogP contribution in [0.4, 0.5) is 0 Å². The van der Waals surface area contributed by atoms with Gasteiger partial charge in [-0.1, -0.05) is 31.2 Å². The summed E-state index contributed by atoms with van der Waals surface area (Å²) < 4.78 is 27.5. The van der Waals surface area contributed by atoms with E-state index in [1.54, 1.807) is 0 Å². The van der Waals surface area contributed by atoms with Gasteiger partial charge in [0.1, 0.15) is 0 Å². The number of carbonyl (C=O) groups is 1. The second kappa shape index (κ2) is 8.06. The number of rotatable bonds is 10. The van der Waals surface area contributed by atoms with Crippen molar-refractivity contribution in [1.29, 1.82) is 0 Å². The molecule has 0 bridgehead atoms. The highest BCUT2D eigenvalue weighted by atomic mass is 32.2. The number of nitrogens with zero attached hydrogens (tertiary/aromatic N) is 1. The molecule has 2 aliphatic rings. The summed E-state index contributed by atoms with van der Waals surface area (Å²) in [5, 5.41) is 9.09. The smallest absolute Gasteiger partial charge is 0.317 e. The second-order valence-corrected chi connectivity index (χ2v) is 9.39. The van der Waals surface area contributed by atoms with Gasteiger partial charge in [-0.15, -0.1) is 0 Å². The molecule has 0 aromatic heterocycles. The average Bonchev–Trinajstić information content (AvgIpc) is 3.34. The summed E-state index contributed by atoms with van der Waals surface area (Å²) in [6, 6.07) is 7.74. The highest BCUT2D eigenvalue weighted by Gasteiger charge is 2.38. The number of aryl methyl sites for hydroxylation is 1. The van der Waals surface area contributed by atoms with E-state index in [1.807, 2.05) is 29.2 Å². The minimum Gasteiger partial charge on any atom is -0.480 e. The zero-order valence-corrected chi connectivity index (χ0v) is 16.0. The van der Waals surface area contributed by atoms with Crippen LogP contribution in [0, 0.1) is 5.92 Å². The van der Waals surface area contributed by atoms with E-state index < -0.39 is 16.0 Å². The third-order valence-electron chi connectivity index (χ3n) is 5.29. The fourth-order valence-electron chi connectivity index (χ4n) is 3.52. The zero-order valence-electron chi connectivity index (χ0n) is 15.2. The molecule has 0 amide bonds. The molecule has 6 nitrogen and oxygen atoms in total. The molecule has 0 heterocycles. The summed E-state index contributed by atoms with van der Waals surface area (Å²) >= 11 is 0. The molecular formula is C19H28N2O4S. The van der Waals surface area contributed by atoms with Gasteiger partial charge >= 0.3 is 5.97 Å². The molecule has 7 heteroatoms. The van der Waals surface area contributed by atoms with Crippen LogP contribution in [0.25, 0.3) is 0 Å². The van der Waals surface area contributed by atoms with Gasteiger partial charge in [0.2, 0.25) is 10.0 Å². The van der Waals surface area contributed by atoms with Crippen molar-refractivity contribution in [3.63, 3.8) is 0 Å². The molecule has 1 aromatic rings. The van der Waals surface area contributed by atoms with Crippen LogP contribution in [0.3, 0.4) is 0 Å². The molecule has 144 valence electrons. The standard InChI is InChI=1S/C19H28N2O4S/c1-2-14-3-7-16(8-4-14)13-26(24,25)20-17-9-18(10-17)21(12-19(22)23)11-15-5-6-15/h3-4,7-8,15,17-18,20H,2,5-6,9-13H2,1H3,(H,22,23). The van der Waals surface area contributed by atoms with E-state index in [9.17, 15) is 13.2 Å². The summed E-state index contributed by atoms with van der Waals surface area (Å²) in [6.45, 7) is 2.93. The molecule has 26 heavy (non-hydrogen) atoms. The van der Waals surface area contributed by atoms with Crippen molar-refractivity contribution in [3.8, 4) is 0 Å². The van der Waals surface area contributed by atoms with Crippen LogP contribution in [0.15, 0.2) is 24.3 Å². The Morgan fingerprint density at radius 1 is 1.19 bits per heavy atom. The third kappa shape index (κ3) is 5.53. The first kappa shape index (κ1) is 19.3. The van der Waals surface area contributed by atoms with Crippen LogP contribution < -0.4 is 4.72 Å². The molecule has 2 fully saturated rings. The van der Waals surface area contributed by atoms with Crippen LogP contribution in [-0.4, -0.2) is 49.6 Å². The number of hydrogen-bond donors (Lipinski definition) is 2. The van der Waals surface area contributed by atoms with E-state index in [1.165, 1.54) is 18.4 Å². The monoisotopic (exact) mass is 380 g/mol. The van der Waals surface area contributed by atoms with E-state index >= 15 is 0 Å². The molecule has 0 saturated heterocycles. The van der Waals surface area contributed by atoms with Crippen molar-refractivity contribution in [2.24, 2.45) is 5.92 Å². The van der Waals surface area contributed by atoms with Crippen LogP contribution in [0.5, 0.6) is 0 Å². The fourth-order valence-corrected chi connectivity index (χ4v) is 4.93.